The molecule has 0 N–H and O–H groups in total. The first-order valence-electron chi connectivity index (χ1n) is 11.4. The van der Waals surface area contributed by atoms with Crippen LogP contribution in [0.15, 0.2) is 115 Å². The van der Waals surface area contributed by atoms with Crippen molar-refractivity contribution in [3.8, 4) is 22.8 Å². The van der Waals surface area contributed by atoms with E-state index in [0.29, 0.717) is 22.7 Å². The van der Waals surface area contributed by atoms with Gasteiger partial charge in [0.2, 0.25) is 0 Å². The summed E-state index contributed by atoms with van der Waals surface area (Å²) in [7, 11) is -0.633. The minimum atomic E-state index is -3.84. The minimum absolute atomic E-state index is 0.233. The van der Waals surface area contributed by atoms with Crippen LogP contribution in [-0.2, 0) is 10.0 Å². The predicted octanol–water partition coefficient (Wildman–Crippen LogP) is 6.62. The molecule has 0 saturated carbocycles. The molecule has 0 fully saturated rings. The number of nitrogens with zero attached hydrogens (tertiary/aromatic N) is 1. The Balaban J connectivity index is 1.67. The quantitative estimate of drug-likeness (QED) is 0.254. The molecule has 0 saturated heterocycles. The van der Waals surface area contributed by atoms with Crippen molar-refractivity contribution < 1.29 is 17.9 Å². The summed E-state index contributed by atoms with van der Waals surface area (Å²) in [5.41, 5.74) is 4.44. The summed E-state index contributed by atoms with van der Waals surface area (Å²) in [5.74, 6) is 1.33. The molecule has 0 unspecified atom stereocenters. The lowest BCUT2D eigenvalue weighted by Gasteiger charge is -2.14. The summed E-state index contributed by atoms with van der Waals surface area (Å²) in [6.45, 7) is 4.31. The second kappa shape index (κ2) is 9.40. The SMILES string of the molecule is C=C(c1cc(OC)cc(OC)c1)c1cccc(-c2cc3ccccc3n2S(=O)(=O)c2ccccc2)c1. The highest BCUT2D eigenvalue weighted by molar-refractivity contribution is 7.90. The lowest BCUT2D eigenvalue weighted by atomic mass is 9.97. The third-order valence-electron chi connectivity index (χ3n) is 6.15. The van der Waals surface area contributed by atoms with Crippen molar-refractivity contribution in [2.75, 3.05) is 14.2 Å². The summed E-state index contributed by atoms with van der Waals surface area (Å²) in [6.07, 6.45) is 0. The largest absolute Gasteiger partial charge is 0.497 e. The molecule has 5 rings (SSSR count). The highest BCUT2D eigenvalue weighted by Gasteiger charge is 2.24. The normalized spacial score (nSPS) is 11.4. The molecule has 0 aliphatic heterocycles. The van der Waals surface area contributed by atoms with Gasteiger partial charge in [-0.15, -0.1) is 0 Å². The first-order chi connectivity index (χ1) is 17.4. The molecule has 6 heteroatoms. The number of hydrogen-bond donors (Lipinski definition) is 0. The van der Waals surface area contributed by atoms with Crippen molar-refractivity contribution in [3.05, 3.63) is 121 Å². The number of benzene rings is 4. The van der Waals surface area contributed by atoms with E-state index in [1.54, 1.807) is 50.6 Å². The molecular weight excluding hydrogens is 470 g/mol. The predicted molar refractivity (Wildman–Crippen MR) is 144 cm³/mol. The summed E-state index contributed by atoms with van der Waals surface area (Å²) < 4.78 is 39.9. The maximum Gasteiger partial charge on any atom is 0.268 e. The number of hydrogen-bond acceptors (Lipinski definition) is 4. The molecule has 5 aromatic rings. The molecule has 36 heavy (non-hydrogen) atoms. The van der Waals surface area contributed by atoms with Crippen molar-refractivity contribution in [1.29, 1.82) is 0 Å². The Morgan fingerprint density at radius 3 is 2.08 bits per heavy atom. The van der Waals surface area contributed by atoms with Gasteiger partial charge in [0.1, 0.15) is 11.5 Å². The fraction of sp³-hybridized carbons (Fsp3) is 0.0667. The third-order valence-corrected chi connectivity index (χ3v) is 7.90. The van der Waals surface area contributed by atoms with E-state index in [1.165, 1.54) is 3.97 Å². The van der Waals surface area contributed by atoms with Crippen LogP contribution in [0.3, 0.4) is 0 Å². The minimum Gasteiger partial charge on any atom is -0.497 e. The van der Waals surface area contributed by atoms with Gasteiger partial charge < -0.3 is 9.47 Å². The van der Waals surface area contributed by atoms with Crippen LogP contribution in [-0.4, -0.2) is 26.6 Å². The highest BCUT2D eigenvalue weighted by atomic mass is 32.2. The van der Waals surface area contributed by atoms with Gasteiger partial charge >= 0.3 is 0 Å². The van der Waals surface area contributed by atoms with Gasteiger partial charge in [0.05, 0.1) is 30.3 Å². The average Bonchev–Trinajstić information content (AvgIpc) is 3.33. The molecule has 180 valence electrons. The molecule has 1 aromatic heterocycles. The second-order valence-electron chi connectivity index (χ2n) is 8.33. The Bertz CT molecular complexity index is 1660. The Kier molecular flexibility index (Phi) is 6.12. The van der Waals surface area contributed by atoms with Crippen molar-refractivity contribution in [2.45, 2.75) is 4.90 Å². The van der Waals surface area contributed by atoms with E-state index in [9.17, 15) is 8.42 Å². The van der Waals surface area contributed by atoms with Gasteiger partial charge in [-0.1, -0.05) is 61.2 Å². The maximum absolute atomic E-state index is 13.8. The van der Waals surface area contributed by atoms with E-state index >= 15 is 0 Å². The van der Waals surface area contributed by atoms with E-state index in [4.69, 9.17) is 9.47 Å². The first kappa shape index (κ1) is 23.5. The van der Waals surface area contributed by atoms with Gasteiger partial charge in [0.25, 0.3) is 10.0 Å². The Morgan fingerprint density at radius 2 is 1.39 bits per heavy atom. The van der Waals surface area contributed by atoms with Crippen LogP contribution in [0.1, 0.15) is 11.1 Å². The van der Waals surface area contributed by atoms with Crippen LogP contribution in [0.25, 0.3) is 27.7 Å². The van der Waals surface area contributed by atoms with Crippen LogP contribution >= 0.6 is 0 Å². The van der Waals surface area contributed by atoms with E-state index in [-0.39, 0.29) is 4.90 Å². The number of ether oxygens (including phenoxy) is 2. The number of para-hydroxylation sites is 1. The third kappa shape index (κ3) is 4.16. The van der Waals surface area contributed by atoms with Crippen LogP contribution in [0, 0.1) is 0 Å². The van der Waals surface area contributed by atoms with E-state index in [2.05, 4.69) is 6.58 Å². The standard InChI is InChI=1S/C30H25NO4S/c1-21(25-17-26(34-2)20-27(18-25)35-3)22-11-9-12-23(16-22)30-19-24-10-7-8-15-29(24)31(30)36(32,33)28-13-5-4-6-14-28/h4-20H,1H2,2-3H3. The highest BCUT2D eigenvalue weighted by Crippen LogP contribution is 2.35. The van der Waals surface area contributed by atoms with Crippen LogP contribution in [0.2, 0.25) is 0 Å². The Labute approximate surface area is 210 Å². The zero-order chi connectivity index (χ0) is 25.3. The van der Waals surface area contributed by atoms with E-state index < -0.39 is 10.0 Å². The van der Waals surface area contributed by atoms with Gasteiger partial charge in [0, 0.05) is 11.5 Å². The van der Waals surface area contributed by atoms with Crippen molar-refractivity contribution in [2.24, 2.45) is 0 Å². The van der Waals surface area contributed by atoms with Crippen LogP contribution in [0.4, 0.5) is 0 Å². The smallest absolute Gasteiger partial charge is 0.268 e. The van der Waals surface area contributed by atoms with Gasteiger partial charge in [-0.2, -0.15) is 0 Å². The number of aromatic nitrogens is 1. The number of methoxy groups -OCH3 is 2. The molecule has 0 spiro atoms. The van der Waals surface area contributed by atoms with Crippen molar-refractivity contribution in [3.63, 3.8) is 0 Å². The zero-order valence-corrected chi connectivity index (χ0v) is 20.8. The van der Waals surface area contributed by atoms with Crippen LogP contribution in [0.5, 0.6) is 11.5 Å². The first-order valence-corrected chi connectivity index (χ1v) is 12.8. The summed E-state index contributed by atoms with van der Waals surface area (Å²) in [5, 5.41) is 0.841. The lowest BCUT2D eigenvalue weighted by Crippen LogP contribution is -2.14. The van der Waals surface area contributed by atoms with Gasteiger partial charge in [0.15, 0.2) is 0 Å². The fourth-order valence-electron chi connectivity index (χ4n) is 4.30. The molecule has 5 nitrogen and oxygen atoms in total. The Morgan fingerprint density at radius 1 is 0.722 bits per heavy atom. The van der Waals surface area contributed by atoms with Gasteiger partial charge in [-0.3, -0.25) is 0 Å². The van der Waals surface area contributed by atoms with E-state index in [1.807, 2.05) is 66.7 Å². The molecule has 0 atom stereocenters. The van der Waals surface area contributed by atoms with Gasteiger partial charge in [-0.25, -0.2) is 12.4 Å². The van der Waals surface area contributed by atoms with Crippen LogP contribution < -0.4 is 9.47 Å². The van der Waals surface area contributed by atoms with Crippen molar-refractivity contribution in [1.82, 2.24) is 3.97 Å². The molecular formula is C30H25NO4S. The maximum atomic E-state index is 13.8. The molecule has 0 bridgehead atoms. The fourth-order valence-corrected chi connectivity index (χ4v) is 5.86. The zero-order valence-electron chi connectivity index (χ0n) is 20.0. The van der Waals surface area contributed by atoms with Crippen molar-refractivity contribution >= 4 is 26.5 Å². The molecule has 0 aliphatic carbocycles. The summed E-state index contributed by atoms with van der Waals surface area (Å²) in [6, 6.07) is 31.2. The second-order valence-corrected chi connectivity index (χ2v) is 10.1. The molecule has 0 radical (unpaired) electrons. The van der Waals surface area contributed by atoms with Gasteiger partial charge in [-0.05, 0) is 64.7 Å². The van der Waals surface area contributed by atoms with E-state index in [0.717, 1.165) is 27.6 Å². The molecule has 0 amide bonds. The topological polar surface area (TPSA) is 57.5 Å². The molecule has 1 heterocycles. The summed E-state index contributed by atoms with van der Waals surface area (Å²) in [4.78, 5) is 0.233. The number of rotatable bonds is 7. The monoisotopic (exact) mass is 495 g/mol. The average molecular weight is 496 g/mol. The lowest BCUT2D eigenvalue weighted by molar-refractivity contribution is 0.394. The Hall–Kier alpha value is -4.29. The molecule has 0 aliphatic rings. The number of fused-ring (bicyclic) bond motifs is 1. The molecule has 4 aromatic carbocycles. The summed E-state index contributed by atoms with van der Waals surface area (Å²) >= 11 is 0.